The zero-order valence-corrected chi connectivity index (χ0v) is 23.1. The van der Waals surface area contributed by atoms with Crippen molar-refractivity contribution in [3.63, 3.8) is 0 Å². The summed E-state index contributed by atoms with van der Waals surface area (Å²) >= 11 is 6.69. The number of piperidine rings is 1. The Balaban J connectivity index is 1.66. The average molecular weight is 554 g/mol. The van der Waals surface area contributed by atoms with E-state index in [1.165, 1.54) is 0 Å². The minimum atomic E-state index is -1.38. The number of halogens is 1. The number of aryl methyl sites for hydroxylation is 1. The molecular weight excluding hydrogens is 518 g/mol. The SMILES string of the molecule is CNCc1ccc(C(=O)N2CCC[C@@H](C(O)(CCCNC(=O)O)c3cccc(Cl)c3-c3ccc(C)o3)C2)cc1. The van der Waals surface area contributed by atoms with E-state index in [-0.39, 0.29) is 24.8 Å². The van der Waals surface area contributed by atoms with Gasteiger partial charge in [0.2, 0.25) is 0 Å². The number of amides is 2. The minimum absolute atomic E-state index is 0.0708. The third kappa shape index (κ3) is 6.64. The van der Waals surface area contributed by atoms with Crippen LogP contribution in [0.25, 0.3) is 11.3 Å². The van der Waals surface area contributed by atoms with Crippen LogP contribution < -0.4 is 10.6 Å². The molecule has 1 unspecified atom stereocenters. The first-order chi connectivity index (χ1) is 18.7. The van der Waals surface area contributed by atoms with Crippen LogP contribution in [0.15, 0.2) is 59.0 Å². The number of benzene rings is 2. The molecule has 1 fully saturated rings. The Hall–Kier alpha value is -3.33. The lowest BCUT2D eigenvalue weighted by Crippen LogP contribution is -2.48. The maximum Gasteiger partial charge on any atom is 0.404 e. The van der Waals surface area contributed by atoms with Crippen molar-refractivity contribution in [1.82, 2.24) is 15.5 Å². The molecular formula is C30H36ClN3O5. The first-order valence-electron chi connectivity index (χ1n) is 13.3. The molecule has 4 rings (SSSR count). The van der Waals surface area contributed by atoms with E-state index in [0.29, 0.717) is 53.4 Å². The fraction of sp³-hybridized carbons (Fsp3) is 0.400. The van der Waals surface area contributed by atoms with E-state index < -0.39 is 11.7 Å². The molecule has 0 bridgehead atoms. The summed E-state index contributed by atoms with van der Waals surface area (Å²) in [5, 5.41) is 27.5. The number of furan rings is 1. The molecule has 2 aromatic carbocycles. The Morgan fingerprint density at radius 1 is 1.15 bits per heavy atom. The van der Waals surface area contributed by atoms with Crippen LogP contribution in [0.5, 0.6) is 0 Å². The van der Waals surface area contributed by atoms with E-state index in [0.717, 1.165) is 24.3 Å². The van der Waals surface area contributed by atoms with Gasteiger partial charge in [0.1, 0.15) is 11.5 Å². The normalized spacial score (nSPS) is 17.0. The van der Waals surface area contributed by atoms with Gasteiger partial charge in [0.25, 0.3) is 5.91 Å². The molecule has 1 saturated heterocycles. The van der Waals surface area contributed by atoms with Crippen LogP contribution in [0.1, 0.15) is 52.9 Å². The van der Waals surface area contributed by atoms with E-state index in [2.05, 4.69) is 10.6 Å². The molecule has 0 aliphatic carbocycles. The van der Waals surface area contributed by atoms with Gasteiger partial charge in [-0.25, -0.2) is 4.79 Å². The molecule has 8 nitrogen and oxygen atoms in total. The molecule has 9 heteroatoms. The summed E-state index contributed by atoms with van der Waals surface area (Å²) in [5.41, 5.74) is 1.56. The summed E-state index contributed by atoms with van der Waals surface area (Å²) < 4.78 is 5.92. The van der Waals surface area contributed by atoms with E-state index in [4.69, 9.17) is 21.1 Å². The van der Waals surface area contributed by atoms with Crippen molar-refractivity contribution in [3.05, 3.63) is 82.1 Å². The highest BCUT2D eigenvalue weighted by atomic mass is 35.5. The predicted octanol–water partition coefficient (Wildman–Crippen LogP) is 5.42. The molecule has 2 heterocycles. The first-order valence-corrected chi connectivity index (χ1v) is 13.7. The number of carbonyl (C=O) groups is 2. The minimum Gasteiger partial charge on any atom is -0.465 e. The van der Waals surface area contributed by atoms with Crippen LogP contribution >= 0.6 is 11.6 Å². The second-order valence-corrected chi connectivity index (χ2v) is 10.6. The fourth-order valence-electron chi connectivity index (χ4n) is 5.52. The number of hydrogen-bond acceptors (Lipinski definition) is 5. The molecule has 1 aromatic heterocycles. The first kappa shape index (κ1) is 28.7. The molecule has 0 radical (unpaired) electrons. The van der Waals surface area contributed by atoms with Crippen LogP contribution in [0.2, 0.25) is 5.02 Å². The number of carbonyl (C=O) groups excluding carboxylic acids is 1. The average Bonchev–Trinajstić information content (AvgIpc) is 3.36. The Labute approximate surface area is 234 Å². The van der Waals surface area contributed by atoms with Gasteiger partial charge in [-0.05, 0) is 81.1 Å². The third-order valence-corrected chi connectivity index (χ3v) is 7.76. The molecule has 1 aliphatic heterocycles. The van der Waals surface area contributed by atoms with Gasteiger partial charge in [0.05, 0.1) is 10.6 Å². The lowest BCUT2D eigenvalue weighted by Gasteiger charge is -2.43. The summed E-state index contributed by atoms with van der Waals surface area (Å²) in [7, 11) is 1.88. The summed E-state index contributed by atoms with van der Waals surface area (Å²) in [6, 6.07) is 16.7. The van der Waals surface area contributed by atoms with Gasteiger partial charge >= 0.3 is 6.09 Å². The molecule has 39 heavy (non-hydrogen) atoms. The van der Waals surface area contributed by atoms with E-state index >= 15 is 0 Å². The van der Waals surface area contributed by atoms with Crippen molar-refractivity contribution >= 4 is 23.6 Å². The van der Waals surface area contributed by atoms with Gasteiger partial charge in [-0.2, -0.15) is 0 Å². The molecule has 208 valence electrons. The van der Waals surface area contributed by atoms with Gasteiger partial charge in [-0.1, -0.05) is 35.9 Å². The number of likely N-dealkylation sites (tertiary alicyclic amines) is 1. The monoisotopic (exact) mass is 553 g/mol. The van der Waals surface area contributed by atoms with Gasteiger partial charge < -0.3 is 30.2 Å². The number of carboxylic acid groups (broad SMARTS) is 1. The molecule has 2 amide bonds. The van der Waals surface area contributed by atoms with Gasteiger partial charge in [0.15, 0.2) is 0 Å². The Bertz CT molecular complexity index is 1290. The highest BCUT2D eigenvalue weighted by Gasteiger charge is 2.43. The summed E-state index contributed by atoms with van der Waals surface area (Å²) in [6.07, 6.45) is 1.02. The van der Waals surface area contributed by atoms with E-state index in [1.54, 1.807) is 12.1 Å². The van der Waals surface area contributed by atoms with Gasteiger partial charge in [-0.15, -0.1) is 0 Å². The number of rotatable bonds is 10. The van der Waals surface area contributed by atoms with Crippen LogP contribution in [-0.4, -0.2) is 53.8 Å². The van der Waals surface area contributed by atoms with Crippen molar-refractivity contribution in [2.75, 3.05) is 26.7 Å². The predicted molar refractivity (Wildman–Crippen MR) is 151 cm³/mol. The van der Waals surface area contributed by atoms with Crippen LogP contribution in [0.4, 0.5) is 4.79 Å². The zero-order valence-electron chi connectivity index (χ0n) is 22.4. The molecule has 0 spiro atoms. The van der Waals surface area contributed by atoms with Gasteiger partial charge in [-0.3, -0.25) is 4.79 Å². The molecule has 0 saturated carbocycles. The second kappa shape index (κ2) is 12.7. The van der Waals surface area contributed by atoms with Crippen LogP contribution in [-0.2, 0) is 12.1 Å². The maximum atomic E-state index is 13.5. The number of hydrogen-bond donors (Lipinski definition) is 4. The van der Waals surface area contributed by atoms with Crippen molar-refractivity contribution in [2.24, 2.45) is 5.92 Å². The van der Waals surface area contributed by atoms with Crippen molar-refractivity contribution in [2.45, 2.75) is 44.8 Å². The van der Waals surface area contributed by atoms with Crippen LogP contribution in [0, 0.1) is 12.8 Å². The number of nitrogens with one attached hydrogen (secondary N) is 2. The fourth-order valence-corrected chi connectivity index (χ4v) is 5.79. The summed E-state index contributed by atoms with van der Waals surface area (Å²) in [6.45, 7) is 3.73. The topological polar surface area (TPSA) is 115 Å². The Kier molecular flexibility index (Phi) is 9.32. The van der Waals surface area contributed by atoms with Crippen molar-refractivity contribution < 1.29 is 24.2 Å². The molecule has 2 atom stereocenters. The van der Waals surface area contributed by atoms with Gasteiger partial charge in [0, 0.05) is 43.2 Å². The van der Waals surface area contributed by atoms with E-state index in [1.807, 2.05) is 61.3 Å². The van der Waals surface area contributed by atoms with Crippen LogP contribution in [0.3, 0.4) is 0 Å². The highest BCUT2D eigenvalue weighted by molar-refractivity contribution is 6.33. The smallest absolute Gasteiger partial charge is 0.404 e. The molecule has 1 aliphatic rings. The summed E-state index contributed by atoms with van der Waals surface area (Å²) in [5.74, 6) is 0.913. The quantitative estimate of drug-likeness (QED) is 0.249. The maximum absolute atomic E-state index is 13.5. The molecule has 3 aromatic rings. The standard InChI is InChI=1S/C30H36ClN3O5/c1-20-9-14-26(39-20)27-24(7-3-8-25(27)31)30(38,15-5-16-33-29(36)37)23-6-4-17-34(19-23)28(35)22-12-10-21(11-13-22)18-32-2/h3,7-14,23,32-33,38H,4-6,15-19H2,1-2H3,(H,36,37)/t23-,30?/m1/s1. The highest BCUT2D eigenvalue weighted by Crippen LogP contribution is 2.46. The zero-order chi connectivity index (χ0) is 28.0. The summed E-state index contributed by atoms with van der Waals surface area (Å²) in [4.78, 5) is 26.3. The Morgan fingerprint density at radius 3 is 2.59 bits per heavy atom. The lowest BCUT2D eigenvalue weighted by molar-refractivity contribution is -0.0563. The molecule has 4 N–H and O–H groups in total. The number of aliphatic hydroxyl groups is 1. The Morgan fingerprint density at radius 2 is 1.92 bits per heavy atom. The van der Waals surface area contributed by atoms with Crippen molar-refractivity contribution in [3.8, 4) is 11.3 Å². The lowest BCUT2D eigenvalue weighted by atomic mass is 9.72. The van der Waals surface area contributed by atoms with Crippen molar-refractivity contribution in [1.29, 1.82) is 0 Å². The van der Waals surface area contributed by atoms with E-state index in [9.17, 15) is 14.7 Å². The second-order valence-electron chi connectivity index (χ2n) is 10.2. The largest absolute Gasteiger partial charge is 0.465 e. The number of nitrogens with zero attached hydrogens (tertiary/aromatic N) is 1. The third-order valence-electron chi connectivity index (χ3n) is 7.44.